The minimum absolute atomic E-state index is 0.197. The van der Waals surface area contributed by atoms with Gasteiger partial charge in [-0.15, -0.1) is 0 Å². The molecule has 6 saturated carbocycles. The first kappa shape index (κ1) is 20.9. The minimum Gasteiger partial charge on any atom is -0.493 e. The summed E-state index contributed by atoms with van der Waals surface area (Å²) in [6.07, 6.45) is 11.7. The number of halogens is 1. The zero-order valence-corrected chi connectivity index (χ0v) is 19.3. The summed E-state index contributed by atoms with van der Waals surface area (Å²) in [6.45, 7) is 0.622. The van der Waals surface area contributed by atoms with E-state index in [1.54, 1.807) is 0 Å². The number of carbonyl (C=O) groups is 1. The van der Waals surface area contributed by atoms with Crippen LogP contribution < -0.4 is 9.46 Å². The Kier molecular flexibility index (Phi) is 4.87. The monoisotopic (exact) mass is 461 g/mol. The summed E-state index contributed by atoms with van der Waals surface area (Å²) in [5.74, 6) is 1.70. The first-order valence-corrected chi connectivity index (χ1v) is 13.9. The van der Waals surface area contributed by atoms with Gasteiger partial charge in [-0.2, -0.15) is 0 Å². The van der Waals surface area contributed by atoms with E-state index >= 15 is 0 Å². The molecule has 32 heavy (non-hydrogen) atoms. The van der Waals surface area contributed by atoms with Crippen LogP contribution in [0.2, 0.25) is 0 Å². The van der Waals surface area contributed by atoms with E-state index in [0.29, 0.717) is 25.2 Å². The summed E-state index contributed by atoms with van der Waals surface area (Å²) >= 11 is 0. The summed E-state index contributed by atoms with van der Waals surface area (Å²) in [5.41, 5.74) is 0.873. The van der Waals surface area contributed by atoms with E-state index < -0.39 is 27.0 Å². The fourth-order valence-corrected chi connectivity index (χ4v) is 8.72. The molecule has 0 radical (unpaired) electrons. The molecule has 1 N–H and O–H groups in total. The molecule has 0 aromatic heterocycles. The molecule has 4 bridgehead atoms. The van der Waals surface area contributed by atoms with Crippen molar-refractivity contribution in [1.82, 2.24) is 4.72 Å². The number of hydrogen-bond acceptors (Lipinski definition) is 4. The Morgan fingerprint density at radius 1 is 1.03 bits per heavy atom. The molecule has 0 atom stereocenters. The molecular formula is C25H32FNO4S. The van der Waals surface area contributed by atoms with Gasteiger partial charge in [0.25, 0.3) is 5.91 Å². The van der Waals surface area contributed by atoms with Crippen molar-refractivity contribution >= 4 is 15.9 Å². The Hall–Kier alpha value is -1.63. The highest BCUT2D eigenvalue weighted by Crippen LogP contribution is 2.60. The summed E-state index contributed by atoms with van der Waals surface area (Å²) in [5, 5.41) is -0.541. The average molecular weight is 462 g/mol. The molecule has 6 aliphatic carbocycles. The smallest absolute Gasteiger partial charge is 0.267 e. The Balaban J connectivity index is 1.21. The lowest BCUT2D eigenvalue weighted by Crippen LogP contribution is -2.48. The number of amides is 1. The number of nitrogens with one attached hydrogen (secondary N) is 1. The second kappa shape index (κ2) is 7.44. The maximum atomic E-state index is 15.0. The standard InChI is InChI=1S/C25H32FNO4S/c26-22-10-23(31-14-25-11-15-6-16(12-25)8-17(7-15)13-25)20(18-4-5-18)9-21(22)24(28)27-32(29,30)19-2-1-3-19/h9-10,15-19H,1-8,11-14H2,(H,27,28). The van der Waals surface area contributed by atoms with Crippen molar-refractivity contribution in [3.63, 3.8) is 0 Å². The molecule has 1 aromatic carbocycles. The maximum Gasteiger partial charge on any atom is 0.267 e. The number of hydrogen-bond donors (Lipinski definition) is 1. The van der Waals surface area contributed by atoms with Crippen LogP contribution in [0.5, 0.6) is 5.75 Å². The molecule has 0 heterocycles. The molecule has 174 valence electrons. The molecule has 7 rings (SSSR count). The molecular weight excluding hydrogens is 429 g/mol. The third-order valence-electron chi connectivity index (χ3n) is 8.79. The second-order valence-corrected chi connectivity index (χ2v) is 13.3. The third-order valence-corrected chi connectivity index (χ3v) is 10.6. The van der Waals surface area contributed by atoms with Gasteiger partial charge in [0.2, 0.25) is 10.0 Å². The van der Waals surface area contributed by atoms with E-state index in [1.807, 2.05) is 0 Å². The zero-order chi connectivity index (χ0) is 22.1. The summed E-state index contributed by atoms with van der Waals surface area (Å²) in [6, 6.07) is 2.85. The maximum absolute atomic E-state index is 15.0. The zero-order valence-electron chi connectivity index (χ0n) is 18.4. The Morgan fingerprint density at radius 3 is 2.19 bits per heavy atom. The number of rotatable bonds is 7. The quantitative estimate of drug-likeness (QED) is 0.626. The molecule has 5 nitrogen and oxygen atoms in total. The van der Waals surface area contributed by atoms with E-state index in [4.69, 9.17) is 4.74 Å². The van der Waals surface area contributed by atoms with Crippen LogP contribution in [-0.4, -0.2) is 26.2 Å². The largest absolute Gasteiger partial charge is 0.493 e. The van der Waals surface area contributed by atoms with E-state index in [2.05, 4.69) is 4.72 Å². The molecule has 1 amide bonds. The van der Waals surface area contributed by atoms with Gasteiger partial charge < -0.3 is 4.74 Å². The predicted molar refractivity (Wildman–Crippen MR) is 119 cm³/mol. The topological polar surface area (TPSA) is 72.5 Å². The molecule has 0 spiro atoms. The Morgan fingerprint density at radius 2 is 1.66 bits per heavy atom. The second-order valence-electron chi connectivity index (χ2n) is 11.4. The van der Waals surface area contributed by atoms with E-state index in [0.717, 1.165) is 42.6 Å². The molecule has 7 heteroatoms. The van der Waals surface area contributed by atoms with E-state index in [9.17, 15) is 17.6 Å². The lowest BCUT2D eigenvalue weighted by molar-refractivity contribution is -0.0747. The Labute approximate surface area is 189 Å². The van der Waals surface area contributed by atoms with Gasteiger partial charge in [0.15, 0.2) is 0 Å². The average Bonchev–Trinajstić information content (AvgIpc) is 3.48. The highest BCUT2D eigenvalue weighted by atomic mass is 32.2. The van der Waals surface area contributed by atoms with Crippen molar-refractivity contribution in [1.29, 1.82) is 0 Å². The molecule has 1 aromatic rings. The normalized spacial score (nSPS) is 33.7. The SMILES string of the molecule is O=C(NS(=O)(=O)C1CCC1)c1cc(C2CC2)c(OCC23CC4CC(CC(C4)C2)C3)cc1F. The lowest BCUT2D eigenvalue weighted by atomic mass is 9.50. The van der Waals surface area contributed by atoms with Crippen molar-refractivity contribution in [3.05, 3.63) is 29.1 Å². The Bertz CT molecular complexity index is 1010. The fraction of sp³-hybridized carbons (Fsp3) is 0.720. The highest BCUT2D eigenvalue weighted by Gasteiger charge is 2.51. The van der Waals surface area contributed by atoms with Crippen LogP contribution in [0.1, 0.15) is 92.5 Å². The van der Waals surface area contributed by atoms with Gasteiger partial charge in [-0.3, -0.25) is 4.79 Å². The van der Waals surface area contributed by atoms with Gasteiger partial charge in [0.1, 0.15) is 11.6 Å². The summed E-state index contributed by atoms with van der Waals surface area (Å²) < 4.78 is 48.1. The number of sulfonamides is 1. The number of ether oxygens (including phenoxy) is 1. The van der Waals surface area contributed by atoms with Crippen LogP contribution >= 0.6 is 0 Å². The fourth-order valence-electron chi connectivity index (χ4n) is 7.23. The van der Waals surface area contributed by atoms with Gasteiger partial charge in [-0.25, -0.2) is 17.5 Å². The highest BCUT2D eigenvalue weighted by molar-refractivity contribution is 7.90. The molecule has 0 saturated heterocycles. The van der Waals surface area contributed by atoms with Crippen molar-refractivity contribution in [2.45, 2.75) is 81.8 Å². The number of carbonyl (C=O) groups excluding carboxylic acids is 1. The van der Waals surface area contributed by atoms with Gasteiger partial charge in [-0.05, 0) is 99.5 Å². The van der Waals surface area contributed by atoms with Gasteiger partial charge >= 0.3 is 0 Å². The van der Waals surface area contributed by atoms with Crippen LogP contribution in [0, 0.1) is 29.0 Å². The van der Waals surface area contributed by atoms with Crippen LogP contribution in [0.25, 0.3) is 0 Å². The lowest BCUT2D eigenvalue weighted by Gasteiger charge is -2.56. The van der Waals surface area contributed by atoms with Gasteiger partial charge in [-0.1, -0.05) is 6.42 Å². The van der Waals surface area contributed by atoms with Gasteiger partial charge in [0, 0.05) is 11.5 Å². The predicted octanol–water partition coefficient (Wildman–Crippen LogP) is 4.91. The molecule has 6 aliphatic rings. The van der Waals surface area contributed by atoms with Crippen LogP contribution in [-0.2, 0) is 10.0 Å². The van der Waals surface area contributed by atoms with Gasteiger partial charge in [0.05, 0.1) is 17.4 Å². The van der Waals surface area contributed by atoms with Crippen LogP contribution in [0.15, 0.2) is 12.1 Å². The van der Waals surface area contributed by atoms with Crippen LogP contribution in [0.3, 0.4) is 0 Å². The number of benzene rings is 1. The molecule has 6 fully saturated rings. The first-order chi connectivity index (χ1) is 15.3. The molecule has 0 unspecified atom stereocenters. The van der Waals surface area contributed by atoms with E-state index in [1.165, 1.54) is 50.7 Å². The third kappa shape index (κ3) is 3.74. The minimum atomic E-state index is -3.75. The van der Waals surface area contributed by atoms with Crippen molar-refractivity contribution < 1.29 is 22.3 Å². The van der Waals surface area contributed by atoms with Crippen molar-refractivity contribution in [3.8, 4) is 5.75 Å². The van der Waals surface area contributed by atoms with Crippen molar-refractivity contribution in [2.75, 3.05) is 6.61 Å². The summed E-state index contributed by atoms with van der Waals surface area (Å²) in [4.78, 5) is 12.6. The van der Waals surface area contributed by atoms with Crippen molar-refractivity contribution in [2.24, 2.45) is 23.2 Å². The van der Waals surface area contributed by atoms with Crippen LogP contribution in [0.4, 0.5) is 4.39 Å². The first-order valence-electron chi connectivity index (χ1n) is 12.3. The molecule has 0 aliphatic heterocycles. The van der Waals surface area contributed by atoms with E-state index in [-0.39, 0.29) is 16.9 Å². The summed E-state index contributed by atoms with van der Waals surface area (Å²) in [7, 11) is -3.75.